The van der Waals surface area contributed by atoms with Crippen molar-refractivity contribution in [2.75, 3.05) is 52.9 Å². The molecule has 0 radical (unpaired) electrons. The lowest BCUT2D eigenvalue weighted by Crippen LogP contribution is -2.47. The third kappa shape index (κ3) is 4.63. The van der Waals surface area contributed by atoms with Gasteiger partial charge in [0.1, 0.15) is 0 Å². The van der Waals surface area contributed by atoms with Crippen LogP contribution in [0.4, 0.5) is 0 Å². The van der Waals surface area contributed by atoms with Crippen LogP contribution in [0.1, 0.15) is 26.7 Å². The van der Waals surface area contributed by atoms with Crippen LogP contribution in [-0.2, 0) is 4.74 Å². The highest BCUT2D eigenvalue weighted by Gasteiger charge is 2.21. The van der Waals surface area contributed by atoms with Gasteiger partial charge in [0.25, 0.3) is 0 Å². The molecule has 2 atom stereocenters. The summed E-state index contributed by atoms with van der Waals surface area (Å²) < 4.78 is 5.79. The fourth-order valence-electron chi connectivity index (χ4n) is 2.97. The Morgan fingerprint density at radius 3 is 2.90 bits per heavy atom. The number of piperidine rings is 1. The van der Waals surface area contributed by atoms with E-state index in [9.17, 15) is 0 Å². The molecule has 2 aliphatic heterocycles. The monoisotopic (exact) mass is 282 g/mol. The molecule has 0 spiro atoms. The van der Waals surface area contributed by atoms with Gasteiger partial charge in [-0.05, 0) is 32.7 Å². The van der Waals surface area contributed by atoms with Crippen LogP contribution in [0.2, 0.25) is 0 Å². The van der Waals surface area contributed by atoms with Crippen molar-refractivity contribution in [2.24, 2.45) is 10.9 Å². The smallest absolute Gasteiger partial charge is 0.194 e. The predicted octanol–water partition coefficient (Wildman–Crippen LogP) is 1.01. The van der Waals surface area contributed by atoms with Crippen LogP contribution in [0.3, 0.4) is 0 Å². The molecule has 2 aliphatic rings. The minimum atomic E-state index is 0.240. The van der Waals surface area contributed by atoms with Crippen LogP contribution in [0.15, 0.2) is 4.99 Å². The number of likely N-dealkylation sites (N-methyl/N-ethyl adjacent to an activating group) is 1. The topological polar surface area (TPSA) is 40.1 Å². The average molecular weight is 282 g/mol. The number of likely N-dealkylation sites (tertiary alicyclic amines) is 1. The molecule has 0 aromatic carbocycles. The van der Waals surface area contributed by atoms with Crippen molar-refractivity contribution in [2.45, 2.75) is 32.8 Å². The summed E-state index contributed by atoms with van der Waals surface area (Å²) in [5, 5.41) is 3.43. The summed E-state index contributed by atoms with van der Waals surface area (Å²) in [5.74, 6) is 1.83. The van der Waals surface area contributed by atoms with Crippen LogP contribution >= 0.6 is 0 Å². The molecule has 0 amide bonds. The SMILES string of the molecule is CCNC(=NCC1CN(C)CCO1)N1CCCC(C)C1. The van der Waals surface area contributed by atoms with E-state index in [0.717, 1.165) is 57.8 Å². The van der Waals surface area contributed by atoms with E-state index in [-0.39, 0.29) is 6.10 Å². The molecular weight excluding hydrogens is 252 g/mol. The minimum Gasteiger partial charge on any atom is -0.374 e. The van der Waals surface area contributed by atoms with E-state index in [4.69, 9.17) is 9.73 Å². The standard InChI is InChI=1S/C15H30N4O/c1-4-16-15(19-7-5-6-13(2)11-19)17-10-14-12-18(3)8-9-20-14/h13-14H,4-12H2,1-3H3,(H,16,17). The zero-order valence-corrected chi connectivity index (χ0v) is 13.3. The molecule has 20 heavy (non-hydrogen) atoms. The third-order valence-electron chi connectivity index (χ3n) is 4.08. The van der Waals surface area contributed by atoms with E-state index < -0.39 is 0 Å². The fraction of sp³-hybridized carbons (Fsp3) is 0.933. The van der Waals surface area contributed by atoms with Crippen molar-refractivity contribution in [3.8, 4) is 0 Å². The van der Waals surface area contributed by atoms with E-state index >= 15 is 0 Å². The number of aliphatic imine (C=N–C) groups is 1. The number of hydrogen-bond acceptors (Lipinski definition) is 3. The number of rotatable bonds is 3. The molecule has 5 nitrogen and oxygen atoms in total. The van der Waals surface area contributed by atoms with Gasteiger partial charge in [-0.25, -0.2) is 0 Å². The van der Waals surface area contributed by atoms with Crippen LogP contribution in [0.25, 0.3) is 0 Å². The van der Waals surface area contributed by atoms with Gasteiger partial charge in [0, 0.05) is 32.7 Å². The van der Waals surface area contributed by atoms with Gasteiger partial charge in [0.05, 0.1) is 19.3 Å². The first-order chi connectivity index (χ1) is 9.69. The van der Waals surface area contributed by atoms with Gasteiger partial charge < -0.3 is 19.9 Å². The number of hydrogen-bond donors (Lipinski definition) is 1. The molecule has 0 aromatic rings. The quantitative estimate of drug-likeness (QED) is 0.620. The third-order valence-corrected chi connectivity index (χ3v) is 4.08. The molecule has 2 rings (SSSR count). The van der Waals surface area contributed by atoms with Crippen LogP contribution in [-0.4, -0.2) is 74.8 Å². The molecule has 2 heterocycles. The summed E-state index contributed by atoms with van der Waals surface area (Å²) in [4.78, 5) is 9.54. The van der Waals surface area contributed by atoms with Crippen molar-refractivity contribution < 1.29 is 4.74 Å². The lowest BCUT2D eigenvalue weighted by Gasteiger charge is -2.34. The molecule has 116 valence electrons. The largest absolute Gasteiger partial charge is 0.374 e. The van der Waals surface area contributed by atoms with Gasteiger partial charge in [-0.15, -0.1) is 0 Å². The zero-order valence-electron chi connectivity index (χ0n) is 13.3. The van der Waals surface area contributed by atoms with Gasteiger partial charge in [0.2, 0.25) is 0 Å². The lowest BCUT2D eigenvalue weighted by atomic mass is 10.0. The highest BCUT2D eigenvalue weighted by molar-refractivity contribution is 5.80. The molecular formula is C15H30N4O. The molecule has 5 heteroatoms. The summed E-state index contributed by atoms with van der Waals surface area (Å²) in [6, 6.07) is 0. The van der Waals surface area contributed by atoms with Gasteiger partial charge in [0.15, 0.2) is 5.96 Å². The van der Waals surface area contributed by atoms with E-state index in [1.165, 1.54) is 12.8 Å². The fourth-order valence-corrected chi connectivity index (χ4v) is 2.97. The number of ether oxygens (including phenoxy) is 1. The first-order valence-corrected chi connectivity index (χ1v) is 8.02. The van der Waals surface area contributed by atoms with Crippen LogP contribution < -0.4 is 5.32 Å². The molecule has 0 aromatic heterocycles. The molecule has 0 saturated carbocycles. The number of morpholine rings is 1. The van der Waals surface area contributed by atoms with Crippen molar-refractivity contribution in [1.82, 2.24) is 15.1 Å². The van der Waals surface area contributed by atoms with Gasteiger partial charge in [-0.1, -0.05) is 6.92 Å². The second-order valence-corrected chi connectivity index (χ2v) is 6.14. The summed E-state index contributed by atoms with van der Waals surface area (Å²) in [6.07, 6.45) is 2.85. The van der Waals surface area contributed by atoms with Crippen LogP contribution in [0.5, 0.6) is 0 Å². The Hall–Kier alpha value is -0.810. The highest BCUT2D eigenvalue weighted by Crippen LogP contribution is 2.15. The summed E-state index contributed by atoms with van der Waals surface area (Å²) >= 11 is 0. The zero-order chi connectivity index (χ0) is 14.4. The first kappa shape index (κ1) is 15.6. The number of guanidine groups is 1. The number of nitrogens with one attached hydrogen (secondary N) is 1. The Morgan fingerprint density at radius 2 is 2.20 bits per heavy atom. The Bertz CT molecular complexity index is 321. The van der Waals surface area contributed by atoms with E-state index in [0.29, 0.717) is 0 Å². The Kier molecular flexibility index (Phi) is 6.10. The molecule has 2 saturated heterocycles. The maximum atomic E-state index is 5.79. The van der Waals surface area contributed by atoms with Crippen LogP contribution in [0, 0.1) is 5.92 Å². The molecule has 0 bridgehead atoms. The maximum Gasteiger partial charge on any atom is 0.194 e. The molecule has 0 aliphatic carbocycles. The van der Waals surface area contributed by atoms with E-state index in [1.807, 2.05) is 0 Å². The molecule has 2 unspecified atom stereocenters. The van der Waals surface area contributed by atoms with Crippen molar-refractivity contribution in [3.63, 3.8) is 0 Å². The van der Waals surface area contributed by atoms with E-state index in [2.05, 4.69) is 36.0 Å². The lowest BCUT2D eigenvalue weighted by molar-refractivity contribution is -0.0137. The molecule has 2 fully saturated rings. The minimum absolute atomic E-state index is 0.240. The normalized spacial score (nSPS) is 29.6. The Labute approximate surface area is 123 Å². The summed E-state index contributed by atoms with van der Waals surface area (Å²) in [7, 11) is 2.15. The Balaban J connectivity index is 1.90. The summed E-state index contributed by atoms with van der Waals surface area (Å²) in [5.41, 5.74) is 0. The first-order valence-electron chi connectivity index (χ1n) is 8.02. The predicted molar refractivity (Wildman–Crippen MR) is 83.2 cm³/mol. The van der Waals surface area contributed by atoms with Crippen molar-refractivity contribution in [3.05, 3.63) is 0 Å². The second kappa shape index (κ2) is 7.84. The van der Waals surface area contributed by atoms with Crippen molar-refractivity contribution >= 4 is 5.96 Å². The highest BCUT2D eigenvalue weighted by atomic mass is 16.5. The van der Waals surface area contributed by atoms with Gasteiger partial charge >= 0.3 is 0 Å². The average Bonchev–Trinajstić information content (AvgIpc) is 2.43. The summed E-state index contributed by atoms with van der Waals surface area (Å²) in [6.45, 7) is 11.2. The molecule has 1 N–H and O–H groups in total. The van der Waals surface area contributed by atoms with Gasteiger partial charge in [-0.2, -0.15) is 0 Å². The number of nitrogens with zero attached hydrogens (tertiary/aromatic N) is 3. The van der Waals surface area contributed by atoms with Gasteiger partial charge in [-0.3, -0.25) is 4.99 Å². The Morgan fingerprint density at radius 1 is 1.35 bits per heavy atom. The maximum absolute atomic E-state index is 5.79. The van der Waals surface area contributed by atoms with Crippen molar-refractivity contribution in [1.29, 1.82) is 0 Å². The second-order valence-electron chi connectivity index (χ2n) is 6.14. The van der Waals surface area contributed by atoms with E-state index in [1.54, 1.807) is 0 Å².